The van der Waals surface area contributed by atoms with Crippen LogP contribution in [0.1, 0.15) is 68.7 Å². The van der Waals surface area contributed by atoms with Gasteiger partial charge in [-0.3, -0.25) is 19.5 Å². The topological polar surface area (TPSA) is 91.4 Å². The van der Waals surface area contributed by atoms with Gasteiger partial charge in [-0.1, -0.05) is 36.4 Å². The van der Waals surface area contributed by atoms with Gasteiger partial charge in [0.15, 0.2) is 0 Å². The Labute approximate surface area is 283 Å². The molecule has 0 aliphatic carbocycles. The highest BCUT2D eigenvalue weighted by atomic mass is 19.4. The predicted molar refractivity (Wildman–Crippen MR) is 176 cm³/mol. The minimum atomic E-state index is -4.35. The maximum Gasteiger partial charge on any atom is 0.416 e. The highest BCUT2D eigenvalue weighted by Gasteiger charge is 2.46. The zero-order valence-corrected chi connectivity index (χ0v) is 27.5. The normalized spacial score (nSPS) is 18.8. The van der Waals surface area contributed by atoms with Crippen molar-refractivity contribution in [3.05, 3.63) is 106 Å². The van der Waals surface area contributed by atoms with E-state index >= 15 is 0 Å². The van der Waals surface area contributed by atoms with Crippen molar-refractivity contribution in [2.45, 2.75) is 63.1 Å². The van der Waals surface area contributed by atoms with Gasteiger partial charge in [-0.2, -0.15) is 13.2 Å². The molecule has 0 saturated carbocycles. The Kier molecular flexibility index (Phi) is 10.3. The highest BCUT2D eigenvalue weighted by molar-refractivity contribution is 5.94. The Morgan fingerprint density at radius 1 is 0.837 bits per heavy atom. The number of hydrogen-bond acceptors (Lipinski definition) is 7. The summed E-state index contributed by atoms with van der Waals surface area (Å²) in [6.07, 6.45) is -1.76. The molecule has 0 bridgehead atoms. The van der Waals surface area contributed by atoms with Gasteiger partial charge in [-0.05, 0) is 65.9 Å². The molecule has 0 unspecified atom stereocenters. The maximum atomic E-state index is 13.0. The number of nitrogens with zero attached hydrogens (tertiary/aromatic N) is 3. The summed E-state index contributed by atoms with van der Waals surface area (Å²) in [6.45, 7) is 5.12. The van der Waals surface area contributed by atoms with Crippen molar-refractivity contribution in [3.63, 3.8) is 0 Å². The largest absolute Gasteiger partial charge is 0.465 e. The number of esters is 1. The van der Waals surface area contributed by atoms with E-state index in [1.807, 2.05) is 30.3 Å². The van der Waals surface area contributed by atoms with Crippen molar-refractivity contribution < 1.29 is 37.0 Å². The van der Waals surface area contributed by atoms with Gasteiger partial charge in [0.05, 0.1) is 24.8 Å². The van der Waals surface area contributed by atoms with Crippen molar-refractivity contribution in [3.8, 4) is 0 Å². The number of likely N-dealkylation sites (tertiary alicyclic amines) is 2. The van der Waals surface area contributed by atoms with E-state index in [1.165, 1.54) is 19.2 Å². The molecule has 1 spiro atoms. The number of rotatable bonds is 9. The number of ether oxygens (including phenoxy) is 2. The van der Waals surface area contributed by atoms with Crippen LogP contribution in [0.5, 0.6) is 0 Å². The average molecular weight is 679 g/mol. The number of carbonyl (C=O) groups excluding carboxylic acids is 3. The van der Waals surface area contributed by atoms with E-state index in [1.54, 1.807) is 23.1 Å². The average Bonchev–Trinajstić information content (AvgIpc) is 3.40. The molecule has 9 nitrogen and oxygen atoms in total. The molecule has 3 saturated heterocycles. The van der Waals surface area contributed by atoms with Crippen molar-refractivity contribution in [1.29, 1.82) is 0 Å². The van der Waals surface area contributed by atoms with E-state index in [0.29, 0.717) is 56.7 Å². The van der Waals surface area contributed by atoms with Crippen LogP contribution in [-0.2, 0) is 35.3 Å². The van der Waals surface area contributed by atoms with Gasteiger partial charge in [0, 0.05) is 70.3 Å². The van der Waals surface area contributed by atoms with E-state index in [4.69, 9.17) is 9.47 Å². The summed E-state index contributed by atoms with van der Waals surface area (Å²) < 4.78 is 49.4. The van der Waals surface area contributed by atoms with Gasteiger partial charge in [0.2, 0.25) is 0 Å². The molecule has 6 rings (SSSR count). The second-order valence-corrected chi connectivity index (χ2v) is 13.3. The third-order valence-electron chi connectivity index (χ3n) is 9.76. The molecule has 3 aromatic carbocycles. The molecule has 1 N–H and O–H groups in total. The first-order valence-corrected chi connectivity index (χ1v) is 16.6. The molecule has 0 aromatic heterocycles. The van der Waals surface area contributed by atoms with E-state index < -0.39 is 17.3 Å². The Bertz CT molecular complexity index is 1630. The molecule has 3 aliphatic heterocycles. The summed E-state index contributed by atoms with van der Waals surface area (Å²) in [5.74, 6) is -0.478. The minimum Gasteiger partial charge on any atom is -0.465 e. The van der Waals surface area contributed by atoms with Gasteiger partial charge < -0.3 is 14.8 Å². The molecule has 49 heavy (non-hydrogen) atoms. The maximum absolute atomic E-state index is 13.0. The fourth-order valence-corrected chi connectivity index (χ4v) is 6.91. The summed E-state index contributed by atoms with van der Waals surface area (Å²) >= 11 is 0. The van der Waals surface area contributed by atoms with Crippen LogP contribution in [0, 0.1) is 0 Å². The highest BCUT2D eigenvalue weighted by Crippen LogP contribution is 2.35. The van der Waals surface area contributed by atoms with E-state index in [2.05, 4.69) is 15.1 Å². The lowest BCUT2D eigenvalue weighted by molar-refractivity contribution is -0.137. The monoisotopic (exact) mass is 678 g/mol. The summed E-state index contributed by atoms with van der Waals surface area (Å²) in [6, 6.07) is 20.1. The van der Waals surface area contributed by atoms with Gasteiger partial charge in [0.25, 0.3) is 5.91 Å². The molecular formula is C37H41F3N4O5. The summed E-state index contributed by atoms with van der Waals surface area (Å²) in [5, 5.41) is 3.16. The van der Waals surface area contributed by atoms with Crippen molar-refractivity contribution >= 4 is 18.0 Å². The molecule has 3 aromatic rings. The fourth-order valence-electron chi connectivity index (χ4n) is 6.91. The number of hydrogen-bond donors (Lipinski definition) is 1. The lowest BCUT2D eigenvalue weighted by Gasteiger charge is -2.37. The molecule has 2 amide bonds. The second-order valence-electron chi connectivity index (χ2n) is 13.3. The lowest BCUT2D eigenvalue weighted by Crippen LogP contribution is -2.46. The fraction of sp³-hybridized carbons (Fsp3) is 0.432. The Hall–Kier alpha value is -4.42. The Balaban J connectivity index is 0.932. The Morgan fingerprint density at radius 2 is 1.45 bits per heavy atom. The summed E-state index contributed by atoms with van der Waals surface area (Å²) in [5.41, 5.74) is 2.62. The minimum absolute atomic E-state index is 0.0711. The van der Waals surface area contributed by atoms with Crippen LogP contribution < -0.4 is 5.32 Å². The number of methoxy groups -OCH3 is 1. The van der Waals surface area contributed by atoms with Crippen molar-refractivity contribution in [2.75, 3.05) is 39.8 Å². The number of alkyl halides is 3. The van der Waals surface area contributed by atoms with Crippen LogP contribution >= 0.6 is 0 Å². The third-order valence-corrected chi connectivity index (χ3v) is 9.76. The van der Waals surface area contributed by atoms with E-state index in [9.17, 15) is 27.6 Å². The molecule has 3 heterocycles. The molecule has 260 valence electrons. The van der Waals surface area contributed by atoms with Crippen LogP contribution in [0.15, 0.2) is 72.8 Å². The van der Waals surface area contributed by atoms with E-state index in [0.717, 1.165) is 61.3 Å². The number of piperidine rings is 2. The van der Waals surface area contributed by atoms with Crippen LogP contribution in [0.4, 0.5) is 18.0 Å². The van der Waals surface area contributed by atoms with Crippen molar-refractivity contribution in [2.24, 2.45) is 0 Å². The second kappa shape index (κ2) is 14.6. The van der Waals surface area contributed by atoms with Gasteiger partial charge >= 0.3 is 18.2 Å². The molecule has 0 radical (unpaired) electrons. The van der Waals surface area contributed by atoms with Crippen molar-refractivity contribution in [1.82, 2.24) is 20.0 Å². The van der Waals surface area contributed by atoms with Crippen LogP contribution in [-0.4, -0.2) is 84.1 Å². The number of carbonyl (C=O) groups is 3. The zero-order valence-electron chi connectivity index (χ0n) is 27.5. The molecule has 12 heteroatoms. The standard InChI is InChI=1S/C37H41F3N4O5/c1-48-34(46)30-4-2-3-28(21-30)23-42-17-13-32(14-18-42)41-33(45)29-9-5-27(6-10-29)24-44-25-36(49-35(44)47)15-19-43(20-16-36)22-26-7-11-31(12-8-26)37(38,39)40/h2-12,21,32H,13-20,22-25H2,1H3,(H,41,45). The molecular weight excluding hydrogens is 637 g/mol. The van der Waals surface area contributed by atoms with Crippen LogP contribution in [0.3, 0.4) is 0 Å². The number of benzene rings is 3. The van der Waals surface area contributed by atoms with Crippen LogP contribution in [0.25, 0.3) is 0 Å². The SMILES string of the molecule is COC(=O)c1cccc(CN2CCC(NC(=O)c3ccc(CN4CC5(CCN(Cc6ccc(C(F)(F)F)cc6)CC5)OC4=O)cc3)CC2)c1. The number of nitrogens with one attached hydrogen (secondary N) is 1. The zero-order chi connectivity index (χ0) is 34.6. The first kappa shape index (κ1) is 34.4. The number of halogens is 3. The lowest BCUT2D eigenvalue weighted by atomic mass is 9.91. The quantitative estimate of drug-likeness (QED) is 0.283. The van der Waals surface area contributed by atoms with E-state index in [-0.39, 0.29) is 24.0 Å². The molecule has 3 fully saturated rings. The predicted octanol–water partition coefficient (Wildman–Crippen LogP) is 5.87. The van der Waals surface area contributed by atoms with Gasteiger partial charge in [0.1, 0.15) is 5.60 Å². The summed E-state index contributed by atoms with van der Waals surface area (Å²) in [4.78, 5) is 43.9. The first-order valence-electron chi connectivity index (χ1n) is 16.6. The third kappa shape index (κ3) is 8.60. The van der Waals surface area contributed by atoms with Gasteiger partial charge in [-0.25, -0.2) is 9.59 Å². The Morgan fingerprint density at radius 3 is 2.10 bits per heavy atom. The molecule has 0 atom stereocenters. The van der Waals surface area contributed by atoms with Gasteiger partial charge in [-0.15, -0.1) is 0 Å². The smallest absolute Gasteiger partial charge is 0.416 e. The van der Waals surface area contributed by atoms with Crippen LogP contribution in [0.2, 0.25) is 0 Å². The molecule has 3 aliphatic rings. The first-order chi connectivity index (χ1) is 23.5. The number of amides is 2. The summed E-state index contributed by atoms with van der Waals surface area (Å²) in [7, 11) is 1.37.